The molecule has 2 N–H and O–H groups in total. The van der Waals surface area contributed by atoms with Crippen LogP contribution in [-0.2, 0) is 0 Å². The first kappa shape index (κ1) is 17.7. The third kappa shape index (κ3) is 3.20. The van der Waals surface area contributed by atoms with E-state index in [9.17, 15) is 10.1 Å². The average molecular weight is 393 g/mol. The SMILES string of the molecule is [C-]#[N+]c1cnc2c(NC3CC3)nc(Nc3cc(C#N)cc(C(C)=O)c3Cl)nn12. The number of carbonyl (C=O) groups excluding carboxylic acids is 1. The molecule has 3 aromatic rings. The predicted octanol–water partition coefficient (Wildman–Crippen LogP) is 3.72. The quantitative estimate of drug-likeness (QED) is 0.502. The minimum atomic E-state index is -0.262. The molecule has 0 aliphatic heterocycles. The molecular weight excluding hydrogens is 380 g/mol. The number of fused-ring (bicyclic) bond motifs is 1. The Kier molecular flexibility index (Phi) is 4.30. The van der Waals surface area contributed by atoms with Gasteiger partial charge in [-0.25, -0.2) is 4.98 Å². The van der Waals surface area contributed by atoms with Gasteiger partial charge >= 0.3 is 0 Å². The number of ketones is 1. The number of Topliss-reactive ketones (excluding diaryl/α,β-unsaturated/α-hetero) is 1. The van der Waals surface area contributed by atoms with Gasteiger partial charge in [0, 0.05) is 11.6 Å². The van der Waals surface area contributed by atoms with Gasteiger partial charge in [0.2, 0.25) is 0 Å². The summed E-state index contributed by atoms with van der Waals surface area (Å²) >= 11 is 6.34. The number of imidazole rings is 1. The topological polar surface area (TPSA) is 112 Å². The van der Waals surface area contributed by atoms with Crippen LogP contribution in [0.15, 0.2) is 18.3 Å². The van der Waals surface area contributed by atoms with Gasteiger partial charge in [-0.2, -0.15) is 10.2 Å². The number of nitriles is 1. The molecule has 1 aromatic carbocycles. The second-order valence-electron chi connectivity index (χ2n) is 6.34. The Morgan fingerprint density at radius 1 is 1.46 bits per heavy atom. The van der Waals surface area contributed by atoms with Crippen LogP contribution in [0.5, 0.6) is 0 Å². The highest BCUT2D eigenvalue weighted by molar-refractivity contribution is 6.36. The van der Waals surface area contributed by atoms with Gasteiger partial charge in [-0.05, 0) is 31.9 Å². The molecule has 2 heterocycles. The molecule has 1 saturated carbocycles. The van der Waals surface area contributed by atoms with Crippen molar-refractivity contribution in [2.75, 3.05) is 10.6 Å². The molecule has 1 fully saturated rings. The van der Waals surface area contributed by atoms with E-state index in [4.69, 9.17) is 18.2 Å². The highest BCUT2D eigenvalue weighted by Crippen LogP contribution is 2.32. The number of rotatable bonds is 5. The first-order valence-corrected chi connectivity index (χ1v) is 8.79. The van der Waals surface area contributed by atoms with Gasteiger partial charge in [0.05, 0.1) is 28.5 Å². The fraction of sp³-hybridized carbons (Fsp3) is 0.222. The minimum Gasteiger partial charge on any atom is -0.362 e. The van der Waals surface area contributed by atoms with E-state index in [1.54, 1.807) is 0 Å². The van der Waals surface area contributed by atoms with Crippen molar-refractivity contribution >= 4 is 46.3 Å². The molecule has 0 saturated heterocycles. The lowest BCUT2D eigenvalue weighted by Gasteiger charge is -2.11. The van der Waals surface area contributed by atoms with E-state index in [1.807, 2.05) is 6.07 Å². The summed E-state index contributed by atoms with van der Waals surface area (Å²) in [6.45, 7) is 8.66. The van der Waals surface area contributed by atoms with Crippen LogP contribution in [0.4, 0.5) is 23.3 Å². The maximum absolute atomic E-state index is 11.8. The summed E-state index contributed by atoms with van der Waals surface area (Å²) in [5.74, 6) is 0.627. The predicted molar refractivity (Wildman–Crippen MR) is 103 cm³/mol. The number of carbonyl (C=O) groups is 1. The number of nitrogens with zero attached hydrogens (tertiary/aromatic N) is 6. The molecule has 0 amide bonds. The molecule has 1 aliphatic rings. The van der Waals surface area contributed by atoms with E-state index >= 15 is 0 Å². The summed E-state index contributed by atoms with van der Waals surface area (Å²) < 4.78 is 1.39. The molecular formula is C18H13ClN8O. The maximum Gasteiger partial charge on any atom is 0.275 e. The number of hydrogen-bond donors (Lipinski definition) is 2. The molecule has 0 radical (unpaired) electrons. The van der Waals surface area contributed by atoms with Gasteiger partial charge in [0.25, 0.3) is 17.4 Å². The van der Waals surface area contributed by atoms with Crippen LogP contribution in [0.1, 0.15) is 35.7 Å². The first-order valence-electron chi connectivity index (χ1n) is 8.41. The van der Waals surface area contributed by atoms with Gasteiger partial charge < -0.3 is 15.5 Å². The molecule has 0 bridgehead atoms. The lowest BCUT2D eigenvalue weighted by atomic mass is 10.1. The highest BCUT2D eigenvalue weighted by Gasteiger charge is 2.25. The zero-order valence-corrected chi connectivity index (χ0v) is 15.4. The molecule has 2 aromatic heterocycles. The summed E-state index contributed by atoms with van der Waals surface area (Å²) in [7, 11) is 0. The van der Waals surface area contributed by atoms with Crippen molar-refractivity contribution in [2.24, 2.45) is 0 Å². The van der Waals surface area contributed by atoms with E-state index < -0.39 is 0 Å². The number of hydrogen-bond acceptors (Lipinski definition) is 7. The molecule has 0 atom stereocenters. The van der Waals surface area contributed by atoms with Crippen molar-refractivity contribution in [1.82, 2.24) is 19.6 Å². The third-order valence-electron chi connectivity index (χ3n) is 4.20. The lowest BCUT2D eigenvalue weighted by Crippen LogP contribution is -2.10. The summed E-state index contributed by atoms with van der Waals surface area (Å²) in [4.78, 5) is 23.9. The zero-order valence-electron chi connectivity index (χ0n) is 14.7. The Bertz CT molecular complexity index is 1200. The van der Waals surface area contributed by atoms with E-state index in [1.165, 1.54) is 29.8 Å². The molecule has 9 nitrogen and oxygen atoms in total. The minimum absolute atomic E-state index is 0.157. The summed E-state index contributed by atoms with van der Waals surface area (Å²) in [5, 5.41) is 20.0. The smallest absolute Gasteiger partial charge is 0.275 e. The number of anilines is 3. The zero-order chi connectivity index (χ0) is 19.8. The lowest BCUT2D eigenvalue weighted by molar-refractivity contribution is 0.101. The normalized spacial score (nSPS) is 13.0. The van der Waals surface area contributed by atoms with Crippen LogP contribution in [0.25, 0.3) is 10.5 Å². The standard InChI is InChI=1S/C18H13ClN8O/c1-9(28)12-5-10(7-20)6-13(15(12)19)24-18-25-16(23-11-3-4-11)17-22-8-14(21-2)27(17)26-18/h5-6,8,11H,3-4H2,1H3,(H2,23,24,25,26). The molecule has 0 spiro atoms. The Balaban J connectivity index is 1.82. The molecule has 1 aliphatic carbocycles. The van der Waals surface area contributed by atoms with Crippen LogP contribution in [-0.4, -0.2) is 31.4 Å². The van der Waals surface area contributed by atoms with Crippen LogP contribution in [0.3, 0.4) is 0 Å². The molecule has 10 heteroatoms. The van der Waals surface area contributed by atoms with E-state index in [0.717, 1.165) is 12.8 Å². The van der Waals surface area contributed by atoms with Crippen molar-refractivity contribution in [2.45, 2.75) is 25.8 Å². The molecule has 138 valence electrons. The van der Waals surface area contributed by atoms with Crippen molar-refractivity contribution in [1.29, 1.82) is 5.26 Å². The van der Waals surface area contributed by atoms with Gasteiger partial charge in [0.15, 0.2) is 11.6 Å². The number of nitrogens with one attached hydrogen (secondary N) is 2. The third-order valence-corrected chi connectivity index (χ3v) is 4.61. The number of halogens is 1. The highest BCUT2D eigenvalue weighted by atomic mass is 35.5. The van der Waals surface area contributed by atoms with Crippen LogP contribution in [0, 0.1) is 17.9 Å². The molecule has 4 rings (SSSR count). The van der Waals surface area contributed by atoms with Gasteiger partial charge in [-0.15, -0.1) is 4.52 Å². The van der Waals surface area contributed by atoms with Crippen molar-refractivity contribution < 1.29 is 4.79 Å². The Hall–Kier alpha value is -3.69. The van der Waals surface area contributed by atoms with Crippen molar-refractivity contribution in [3.05, 3.63) is 45.9 Å². The van der Waals surface area contributed by atoms with Crippen molar-refractivity contribution in [3.8, 4) is 6.07 Å². The van der Waals surface area contributed by atoms with E-state index in [-0.39, 0.29) is 33.7 Å². The fourth-order valence-corrected chi connectivity index (χ4v) is 2.96. The largest absolute Gasteiger partial charge is 0.362 e. The Labute approximate surface area is 164 Å². The van der Waals surface area contributed by atoms with Crippen molar-refractivity contribution in [3.63, 3.8) is 0 Å². The van der Waals surface area contributed by atoms with Gasteiger partial charge in [-0.1, -0.05) is 23.3 Å². The van der Waals surface area contributed by atoms with Crippen LogP contribution >= 0.6 is 11.6 Å². The molecule has 28 heavy (non-hydrogen) atoms. The second kappa shape index (κ2) is 6.80. The summed E-state index contributed by atoms with van der Waals surface area (Å²) in [6.07, 6.45) is 3.50. The van der Waals surface area contributed by atoms with Gasteiger partial charge in [-0.3, -0.25) is 4.79 Å². The maximum atomic E-state index is 11.8. The summed E-state index contributed by atoms with van der Waals surface area (Å²) in [6, 6.07) is 5.27. The van der Waals surface area contributed by atoms with Gasteiger partial charge in [0.1, 0.15) is 0 Å². The Morgan fingerprint density at radius 2 is 2.25 bits per heavy atom. The monoisotopic (exact) mass is 392 g/mol. The van der Waals surface area contributed by atoms with E-state index in [0.29, 0.717) is 23.2 Å². The van der Waals surface area contributed by atoms with Crippen LogP contribution < -0.4 is 10.6 Å². The second-order valence-corrected chi connectivity index (χ2v) is 6.72. The number of aromatic nitrogens is 4. The average Bonchev–Trinajstić information content (AvgIpc) is 3.39. The molecule has 0 unspecified atom stereocenters. The Morgan fingerprint density at radius 3 is 2.89 bits per heavy atom. The van der Waals surface area contributed by atoms with E-state index in [2.05, 4.69) is 30.5 Å². The first-order chi connectivity index (χ1) is 13.5. The summed E-state index contributed by atoms with van der Waals surface area (Å²) in [5.41, 5.74) is 1.28. The number of benzene rings is 1. The fourth-order valence-electron chi connectivity index (χ4n) is 2.67. The van der Waals surface area contributed by atoms with Crippen LogP contribution in [0.2, 0.25) is 5.02 Å².